The standard InChI is InChI=1S/C11H17BrN2O2S/c1-8(12)7-9(2)14-11-10(17(3,15)16)5-4-6-13-11/h4-6,8-9H,7H2,1-3H3,(H,13,14). The van der Waals surface area contributed by atoms with Gasteiger partial charge in [0.1, 0.15) is 10.7 Å². The molecule has 1 rings (SSSR count). The molecule has 0 aromatic carbocycles. The topological polar surface area (TPSA) is 59.1 Å². The fourth-order valence-corrected chi connectivity index (χ4v) is 2.93. The molecule has 1 aromatic rings. The summed E-state index contributed by atoms with van der Waals surface area (Å²) in [7, 11) is -3.24. The van der Waals surface area contributed by atoms with E-state index in [2.05, 4.69) is 26.2 Å². The first-order chi connectivity index (χ1) is 7.80. The Hall–Kier alpha value is -0.620. The molecule has 2 atom stereocenters. The van der Waals surface area contributed by atoms with Crippen LogP contribution in [-0.4, -0.2) is 30.5 Å². The number of alkyl halides is 1. The third-order valence-electron chi connectivity index (χ3n) is 2.23. The van der Waals surface area contributed by atoms with Crippen molar-refractivity contribution in [2.45, 2.75) is 36.0 Å². The molecule has 0 aliphatic heterocycles. The van der Waals surface area contributed by atoms with Gasteiger partial charge in [-0.25, -0.2) is 13.4 Å². The van der Waals surface area contributed by atoms with Gasteiger partial charge >= 0.3 is 0 Å². The lowest BCUT2D eigenvalue weighted by Gasteiger charge is -2.17. The molecule has 1 N–H and O–H groups in total. The summed E-state index contributed by atoms with van der Waals surface area (Å²) in [4.78, 5) is 4.70. The molecule has 1 aromatic heterocycles. The predicted octanol–water partition coefficient (Wildman–Crippen LogP) is 2.46. The second-order valence-corrected chi connectivity index (χ2v) is 7.73. The van der Waals surface area contributed by atoms with Crippen LogP contribution >= 0.6 is 15.9 Å². The average molecular weight is 321 g/mol. The van der Waals surface area contributed by atoms with Crippen LogP contribution in [0.25, 0.3) is 0 Å². The van der Waals surface area contributed by atoms with Crippen molar-refractivity contribution < 1.29 is 8.42 Å². The van der Waals surface area contributed by atoms with E-state index in [0.717, 1.165) is 6.42 Å². The SMILES string of the molecule is CC(Br)CC(C)Nc1ncccc1S(C)(=O)=O. The van der Waals surface area contributed by atoms with Gasteiger partial charge in [0.05, 0.1) is 0 Å². The number of sulfone groups is 1. The molecule has 1 heterocycles. The molecule has 96 valence electrons. The fourth-order valence-electron chi connectivity index (χ4n) is 1.58. The van der Waals surface area contributed by atoms with Crippen LogP contribution in [0.5, 0.6) is 0 Å². The maximum absolute atomic E-state index is 11.6. The molecule has 4 nitrogen and oxygen atoms in total. The van der Waals surface area contributed by atoms with Crippen LogP contribution in [0.4, 0.5) is 5.82 Å². The summed E-state index contributed by atoms with van der Waals surface area (Å²) in [6, 6.07) is 3.34. The van der Waals surface area contributed by atoms with Crippen molar-refractivity contribution >= 4 is 31.6 Å². The van der Waals surface area contributed by atoms with E-state index in [1.54, 1.807) is 18.3 Å². The summed E-state index contributed by atoms with van der Waals surface area (Å²) in [5.41, 5.74) is 0. The molecule has 0 bridgehead atoms. The number of hydrogen-bond acceptors (Lipinski definition) is 4. The van der Waals surface area contributed by atoms with E-state index in [4.69, 9.17) is 0 Å². The Morgan fingerprint density at radius 3 is 2.65 bits per heavy atom. The second kappa shape index (κ2) is 5.82. The van der Waals surface area contributed by atoms with Crippen molar-refractivity contribution in [1.29, 1.82) is 0 Å². The lowest BCUT2D eigenvalue weighted by molar-refractivity contribution is 0.601. The number of nitrogens with zero attached hydrogens (tertiary/aromatic N) is 1. The van der Waals surface area contributed by atoms with Crippen LogP contribution in [0, 0.1) is 0 Å². The minimum Gasteiger partial charge on any atom is -0.366 e. The molecule has 2 unspecified atom stereocenters. The van der Waals surface area contributed by atoms with Gasteiger partial charge in [-0.2, -0.15) is 0 Å². The molecule has 0 aliphatic carbocycles. The Kier molecular flexibility index (Phi) is 4.94. The third kappa shape index (κ3) is 4.63. The largest absolute Gasteiger partial charge is 0.366 e. The van der Waals surface area contributed by atoms with E-state index in [0.29, 0.717) is 10.6 Å². The van der Waals surface area contributed by atoms with Gasteiger partial charge in [-0.3, -0.25) is 0 Å². The summed E-state index contributed by atoms with van der Waals surface area (Å²) in [6.45, 7) is 4.05. The summed E-state index contributed by atoms with van der Waals surface area (Å²) in [6.07, 6.45) is 3.66. The van der Waals surface area contributed by atoms with Gasteiger partial charge in [0.15, 0.2) is 9.84 Å². The summed E-state index contributed by atoms with van der Waals surface area (Å²) < 4.78 is 23.1. The quantitative estimate of drug-likeness (QED) is 0.847. The van der Waals surface area contributed by atoms with Crippen LogP contribution in [0.15, 0.2) is 23.2 Å². The molecular weight excluding hydrogens is 304 g/mol. The molecule has 0 spiro atoms. The van der Waals surface area contributed by atoms with E-state index in [-0.39, 0.29) is 10.9 Å². The Morgan fingerprint density at radius 2 is 2.12 bits per heavy atom. The molecule has 0 radical (unpaired) electrons. The van der Waals surface area contributed by atoms with Gasteiger partial charge in [0, 0.05) is 23.3 Å². The van der Waals surface area contributed by atoms with Crippen molar-refractivity contribution in [2.75, 3.05) is 11.6 Å². The van der Waals surface area contributed by atoms with Gasteiger partial charge in [0.25, 0.3) is 0 Å². The molecule has 0 saturated heterocycles. The Balaban J connectivity index is 2.92. The number of halogens is 1. The van der Waals surface area contributed by atoms with Crippen molar-refractivity contribution in [1.82, 2.24) is 4.98 Å². The molecule has 17 heavy (non-hydrogen) atoms. The Labute approximate surface area is 111 Å². The van der Waals surface area contributed by atoms with Crippen molar-refractivity contribution in [3.05, 3.63) is 18.3 Å². The first-order valence-electron chi connectivity index (χ1n) is 5.36. The summed E-state index contributed by atoms with van der Waals surface area (Å²) in [5.74, 6) is 0.427. The average Bonchev–Trinajstić information content (AvgIpc) is 2.15. The lowest BCUT2D eigenvalue weighted by atomic mass is 10.2. The number of hydrogen-bond donors (Lipinski definition) is 1. The highest BCUT2D eigenvalue weighted by atomic mass is 79.9. The van der Waals surface area contributed by atoms with E-state index >= 15 is 0 Å². The van der Waals surface area contributed by atoms with Gasteiger partial charge in [0.2, 0.25) is 0 Å². The minimum atomic E-state index is -3.24. The van der Waals surface area contributed by atoms with Crippen LogP contribution in [0.3, 0.4) is 0 Å². The minimum absolute atomic E-state index is 0.153. The monoisotopic (exact) mass is 320 g/mol. The van der Waals surface area contributed by atoms with Crippen molar-refractivity contribution in [3.8, 4) is 0 Å². The second-order valence-electron chi connectivity index (χ2n) is 4.18. The first kappa shape index (κ1) is 14.4. The maximum Gasteiger partial charge on any atom is 0.179 e. The van der Waals surface area contributed by atoms with Crippen LogP contribution in [0.1, 0.15) is 20.3 Å². The van der Waals surface area contributed by atoms with E-state index in [9.17, 15) is 8.42 Å². The van der Waals surface area contributed by atoms with Crippen LogP contribution in [0.2, 0.25) is 0 Å². The lowest BCUT2D eigenvalue weighted by Crippen LogP contribution is -2.20. The number of anilines is 1. The summed E-state index contributed by atoms with van der Waals surface area (Å²) >= 11 is 3.47. The smallest absolute Gasteiger partial charge is 0.179 e. The maximum atomic E-state index is 11.6. The molecule has 6 heteroatoms. The first-order valence-corrected chi connectivity index (χ1v) is 8.17. The molecule has 0 amide bonds. The highest BCUT2D eigenvalue weighted by Gasteiger charge is 2.15. The molecule has 0 fully saturated rings. The van der Waals surface area contributed by atoms with Crippen molar-refractivity contribution in [2.24, 2.45) is 0 Å². The van der Waals surface area contributed by atoms with Crippen LogP contribution in [-0.2, 0) is 9.84 Å². The van der Waals surface area contributed by atoms with Gasteiger partial charge in [-0.1, -0.05) is 22.9 Å². The van der Waals surface area contributed by atoms with E-state index in [1.165, 1.54) is 6.26 Å². The highest BCUT2D eigenvalue weighted by Crippen LogP contribution is 2.20. The molecular formula is C11H17BrN2O2S. The normalized spacial score (nSPS) is 15.3. The summed E-state index contributed by atoms with van der Waals surface area (Å²) in [5, 5.41) is 3.13. The van der Waals surface area contributed by atoms with Gasteiger partial charge < -0.3 is 5.32 Å². The van der Waals surface area contributed by atoms with Crippen molar-refractivity contribution in [3.63, 3.8) is 0 Å². The number of aromatic nitrogens is 1. The zero-order chi connectivity index (χ0) is 13.1. The Morgan fingerprint density at radius 1 is 1.47 bits per heavy atom. The zero-order valence-corrected chi connectivity index (χ0v) is 12.5. The van der Waals surface area contributed by atoms with Gasteiger partial charge in [-0.05, 0) is 25.5 Å². The predicted molar refractivity (Wildman–Crippen MR) is 73.4 cm³/mol. The number of nitrogens with one attached hydrogen (secondary N) is 1. The van der Waals surface area contributed by atoms with Gasteiger partial charge in [-0.15, -0.1) is 0 Å². The molecule has 0 saturated carbocycles. The number of rotatable bonds is 5. The molecule has 0 aliphatic rings. The Bertz CT molecular complexity index is 474. The fraction of sp³-hybridized carbons (Fsp3) is 0.545. The third-order valence-corrected chi connectivity index (χ3v) is 3.73. The van der Waals surface area contributed by atoms with E-state index < -0.39 is 9.84 Å². The van der Waals surface area contributed by atoms with E-state index in [1.807, 2.05) is 13.8 Å². The zero-order valence-electron chi connectivity index (χ0n) is 10.1. The highest BCUT2D eigenvalue weighted by molar-refractivity contribution is 9.09. The number of pyridine rings is 1. The van der Waals surface area contributed by atoms with Crippen LogP contribution < -0.4 is 5.32 Å².